The first-order valence-electron chi connectivity index (χ1n) is 4.35. The Labute approximate surface area is 93.4 Å². The normalized spacial score (nSPS) is 12.6. The molecule has 1 rings (SSSR count). The summed E-state index contributed by atoms with van der Waals surface area (Å²) < 4.78 is 5.35. The molecule has 0 radical (unpaired) electrons. The monoisotopic (exact) mass is 234 g/mol. The van der Waals surface area contributed by atoms with Gasteiger partial charge in [-0.25, -0.2) is 0 Å². The maximum atomic E-state index is 9.01. The highest BCUT2D eigenvalue weighted by atomic mass is 35.5. The van der Waals surface area contributed by atoms with E-state index in [-0.39, 0.29) is 6.10 Å². The number of rotatable bonds is 4. The van der Waals surface area contributed by atoms with Crippen LogP contribution in [0, 0.1) is 0 Å². The smallest absolute Gasteiger partial charge is 0.122 e. The Morgan fingerprint density at radius 1 is 1.29 bits per heavy atom. The van der Waals surface area contributed by atoms with Crippen LogP contribution in [0.2, 0.25) is 10.0 Å². The second kappa shape index (κ2) is 5.44. The van der Waals surface area contributed by atoms with E-state index in [9.17, 15) is 0 Å². The fourth-order valence-electron chi connectivity index (χ4n) is 0.959. The van der Waals surface area contributed by atoms with Crippen LogP contribution in [-0.4, -0.2) is 17.8 Å². The Morgan fingerprint density at radius 2 is 1.86 bits per heavy atom. The van der Waals surface area contributed by atoms with Gasteiger partial charge in [-0.1, -0.05) is 23.2 Å². The first-order chi connectivity index (χ1) is 6.58. The molecular formula is C10H12Cl2O2. The largest absolute Gasteiger partial charge is 0.493 e. The molecule has 0 aliphatic carbocycles. The number of aliphatic hydroxyl groups is 1. The number of benzene rings is 1. The average molecular weight is 235 g/mol. The van der Waals surface area contributed by atoms with Gasteiger partial charge in [0.25, 0.3) is 0 Å². The summed E-state index contributed by atoms with van der Waals surface area (Å²) in [6.07, 6.45) is 0.231. The molecule has 0 aromatic heterocycles. The van der Waals surface area contributed by atoms with Crippen LogP contribution in [0.3, 0.4) is 0 Å². The van der Waals surface area contributed by atoms with E-state index in [4.69, 9.17) is 33.0 Å². The molecule has 0 aliphatic rings. The van der Waals surface area contributed by atoms with Gasteiger partial charge in [0.15, 0.2) is 0 Å². The summed E-state index contributed by atoms with van der Waals surface area (Å²) in [5.41, 5.74) is 0. The van der Waals surface area contributed by atoms with E-state index in [1.165, 1.54) is 0 Å². The van der Waals surface area contributed by atoms with Gasteiger partial charge >= 0.3 is 0 Å². The standard InChI is InChI=1S/C10H12Cl2O2/c1-7(13)2-3-14-10-5-8(11)4-9(12)6-10/h4-7,13H,2-3H2,1H3. The Balaban J connectivity index is 2.50. The molecule has 1 aromatic carbocycles. The van der Waals surface area contributed by atoms with E-state index in [1.807, 2.05) is 0 Å². The van der Waals surface area contributed by atoms with Gasteiger partial charge in [-0.2, -0.15) is 0 Å². The fourth-order valence-corrected chi connectivity index (χ4v) is 1.47. The van der Waals surface area contributed by atoms with Crippen LogP contribution >= 0.6 is 23.2 Å². The van der Waals surface area contributed by atoms with Crippen LogP contribution in [0.15, 0.2) is 18.2 Å². The van der Waals surface area contributed by atoms with Crippen LogP contribution in [0.4, 0.5) is 0 Å². The lowest BCUT2D eigenvalue weighted by molar-refractivity contribution is 0.155. The van der Waals surface area contributed by atoms with Crippen LogP contribution in [0.5, 0.6) is 5.75 Å². The van der Waals surface area contributed by atoms with E-state index in [0.29, 0.717) is 28.8 Å². The van der Waals surface area contributed by atoms with Gasteiger partial charge in [0.05, 0.1) is 12.7 Å². The summed E-state index contributed by atoms with van der Waals surface area (Å²) in [5, 5.41) is 10.1. The summed E-state index contributed by atoms with van der Waals surface area (Å²) in [7, 11) is 0. The number of ether oxygens (including phenoxy) is 1. The van der Waals surface area contributed by atoms with Crippen molar-refractivity contribution in [3.63, 3.8) is 0 Å². The molecule has 0 heterocycles. The second-order valence-electron chi connectivity index (χ2n) is 3.09. The molecule has 78 valence electrons. The van der Waals surface area contributed by atoms with Gasteiger partial charge in [0.1, 0.15) is 5.75 Å². The molecule has 0 saturated carbocycles. The van der Waals surface area contributed by atoms with Crippen molar-refractivity contribution in [1.29, 1.82) is 0 Å². The summed E-state index contributed by atoms with van der Waals surface area (Å²) in [6, 6.07) is 5.02. The van der Waals surface area contributed by atoms with Crippen molar-refractivity contribution < 1.29 is 9.84 Å². The third-order valence-corrected chi connectivity index (χ3v) is 2.08. The molecule has 14 heavy (non-hydrogen) atoms. The predicted octanol–water partition coefficient (Wildman–Crippen LogP) is 3.14. The third kappa shape index (κ3) is 4.18. The maximum Gasteiger partial charge on any atom is 0.122 e. The van der Waals surface area contributed by atoms with Gasteiger partial charge in [0.2, 0.25) is 0 Å². The topological polar surface area (TPSA) is 29.5 Å². The molecule has 0 fully saturated rings. The van der Waals surface area contributed by atoms with E-state index in [0.717, 1.165) is 0 Å². The Kier molecular flexibility index (Phi) is 4.52. The highest BCUT2D eigenvalue weighted by Gasteiger charge is 2.00. The van der Waals surface area contributed by atoms with E-state index in [2.05, 4.69) is 0 Å². The van der Waals surface area contributed by atoms with Gasteiger partial charge < -0.3 is 9.84 Å². The average Bonchev–Trinajstić information content (AvgIpc) is 2.01. The highest BCUT2D eigenvalue weighted by Crippen LogP contribution is 2.24. The first-order valence-corrected chi connectivity index (χ1v) is 5.10. The van der Waals surface area contributed by atoms with E-state index >= 15 is 0 Å². The number of aliphatic hydroxyl groups excluding tert-OH is 1. The molecule has 0 amide bonds. The maximum absolute atomic E-state index is 9.01. The Morgan fingerprint density at radius 3 is 2.36 bits per heavy atom. The lowest BCUT2D eigenvalue weighted by Crippen LogP contribution is -2.07. The molecule has 2 nitrogen and oxygen atoms in total. The molecule has 1 aromatic rings. The quantitative estimate of drug-likeness (QED) is 0.868. The van der Waals surface area contributed by atoms with Gasteiger partial charge in [-0.05, 0) is 25.1 Å². The highest BCUT2D eigenvalue weighted by molar-refractivity contribution is 6.34. The lowest BCUT2D eigenvalue weighted by Gasteiger charge is -2.08. The Bertz CT molecular complexity index is 280. The van der Waals surface area contributed by atoms with Crippen LogP contribution < -0.4 is 4.74 Å². The molecule has 0 aliphatic heterocycles. The van der Waals surface area contributed by atoms with Crippen molar-refractivity contribution in [3.8, 4) is 5.75 Å². The fraction of sp³-hybridized carbons (Fsp3) is 0.400. The molecule has 1 atom stereocenters. The molecule has 0 spiro atoms. The summed E-state index contributed by atoms with van der Waals surface area (Å²) in [4.78, 5) is 0. The summed E-state index contributed by atoms with van der Waals surface area (Å²) in [6.45, 7) is 2.17. The minimum Gasteiger partial charge on any atom is -0.493 e. The zero-order valence-corrected chi connectivity index (χ0v) is 9.35. The summed E-state index contributed by atoms with van der Waals surface area (Å²) >= 11 is 11.6. The van der Waals surface area contributed by atoms with Crippen molar-refractivity contribution >= 4 is 23.2 Å². The Hall–Kier alpha value is -0.440. The third-order valence-electron chi connectivity index (χ3n) is 1.64. The minimum atomic E-state index is -0.357. The van der Waals surface area contributed by atoms with Crippen molar-refractivity contribution in [2.24, 2.45) is 0 Å². The van der Waals surface area contributed by atoms with Gasteiger partial charge in [-0.3, -0.25) is 0 Å². The van der Waals surface area contributed by atoms with Crippen molar-refractivity contribution in [2.45, 2.75) is 19.4 Å². The SMILES string of the molecule is CC(O)CCOc1cc(Cl)cc(Cl)c1. The molecule has 0 bridgehead atoms. The molecular weight excluding hydrogens is 223 g/mol. The van der Waals surface area contributed by atoms with Crippen molar-refractivity contribution in [2.75, 3.05) is 6.61 Å². The molecule has 0 saturated heterocycles. The number of hydrogen-bond acceptors (Lipinski definition) is 2. The van der Waals surface area contributed by atoms with Crippen molar-refractivity contribution in [1.82, 2.24) is 0 Å². The first kappa shape index (κ1) is 11.6. The molecule has 1 unspecified atom stereocenters. The van der Waals surface area contributed by atoms with Crippen LogP contribution in [0.1, 0.15) is 13.3 Å². The van der Waals surface area contributed by atoms with Gasteiger partial charge in [-0.15, -0.1) is 0 Å². The zero-order chi connectivity index (χ0) is 10.6. The molecule has 4 heteroatoms. The number of halogens is 2. The lowest BCUT2D eigenvalue weighted by atomic mass is 10.3. The molecule has 1 N–H and O–H groups in total. The second-order valence-corrected chi connectivity index (χ2v) is 3.96. The number of hydrogen-bond donors (Lipinski definition) is 1. The van der Waals surface area contributed by atoms with Gasteiger partial charge in [0, 0.05) is 16.5 Å². The zero-order valence-electron chi connectivity index (χ0n) is 7.84. The summed E-state index contributed by atoms with van der Waals surface area (Å²) in [5.74, 6) is 0.628. The van der Waals surface area contributed by atoms with Crippen LogP contribution in [-0.2, 0) is 0 Å². The predicted molar refractivity (Wildman–Crippen MR) is 58.3 cm³/mol. The van der Waals surface area contributed by atoms with E-state index < -0.39 is 0 Å². The van der Waals surface area contributed by atoms with Crippen molar-refractivity contribution in [3.05, 3.63) is 28.2 Å². The van der Waals surface area contributed by atoms with Crippen LogP contribution in [0.25, 0.3) is 0 Å². The minimum absolute atomic E-state index is 0.357. The van der Waals surface area contributed by atoms with E-state index in [1.54, 1.807) is 25.1 Å².